The molecule has 0 spiro atoms. The second-order valence-corrected chi connectivity index (χ2v) is 3.87. The smallest absolute Gasteiger partial charge is 0.0593 e. The van der Waals surface area contributed by atoms with Crippen molar-refractivity contribution >= 4 is 0 Å². The van der Waals surface area contributed by atoms with Crippen molar-refractivity contribution in [3.8, 4) is 0 Å². The molecule has 1 N–H and O–H groups in total. The molecule has 0 aliphatic carbocycles. The van der Waals surface area contributed by atoms with Crippen LogP contribution in [0.25, 0.3) is 0 Å². The van der Waals surface area contributed by atoms with E-state index < -0.39 is 0 Å². The number of hydrogen-bond donors (Lipinski definition) is 1. The summed E-state index contributed by atoms with van der Waals surface area (Å²) >= 11 is 0. The summed E-state index contributed by atoms with van der Waals surface area (Å²) in [6, 6.07) is 2.07. The van der Waals surface area contributed by atoms with Crippen LogP contribution in [0.2, 0.25) is 0 Å². The maximum absolute atomic E-state index is 4.40. The molecule has 1 aromatic heterocycles. The lowest BCUT2D eigenvalue weighted by atomic mass is 9.98. The average Bonchev–Trinajstić information content (AvgIpc) is 2.53. The number of hydrogen-bond acceptors (Lipinski definition) is 2. The van der Waals surface area contributed by atoms with Crippen molar-refractivity contribution in [2.75, 3.05) is 13.1 Å². The minimum Gasteiger partial charge on any atom is -0.317 e. The molecule has 0 saturated carbocycles. The van der Waals surface area contributed by atoms with Gasteiger partial charge < -0.3 is 5.32 Å². The Bertz CT molecular complexity index is 261. The van der Waals surface area contributed by atoms with E-state index in [1.807, 2.05) is 6.92 Å². The molecule has 1 aliphatic heterocycles. The van der Waals surface area contributed by atoms with Gasteiger partial charge in [0.05, 0.1) is 5.69 Å². The Morgan fingerprint density at radius 3 is 2.92 bits per heavy atom. The van der Waals surface area contributed by atoms with Crippen LogP contribution in [0, 0.1) is 12.8 Å². The second kappa shape index (κ2) is 3.92. The Balaban J connectivity index is 1.89. The molecule has 0 atom stereocenters. The third kappa shape index (κ3) is 2.31. The molecule has 0 amide bonds. The van der Waals surface area contributed by atoms with E-state index >= 15 is 0 Å². The molecule has 1 aliphatic rings. The summed E-state index contributed by atoms with van der Waals surface area (Å²) in [5, 5.41) is 7.78. The summed E-state index contributed by atoms with van der Waals surface area (Å²) in [6.07, 6.45) is 4.66. The van der Waals surface area contributed by atoms with Crippen LogP contribution in [0.3, 0.4) is 0 Å². The molecule has 13 heavy (non-hydrogen) atoms. The predicted octanol–water partition coefficient (Wildman–Crippen LogP) is 1.19. The Morgan fingerprint density at radius 1 is 1.54 bits per heavy atom. The molecule has 1 aromatic rings. The fourth-order valence-electron chi connectivity index (χ4n) is 1.89. The number of nitrogens with one attached hydrogen (secondary N) is 1. The van der Waals surface area contributed by atoms with E-state index in [0.717, 1.165) is 18.2 Å². The molecule has 0 radical (unpaired) electrons. The van der Waals surface area contributed by atoms with Crippen LogP contribution >= 0.6 is 0 Å². The van der Waals surface area contributed by atoms with Gasteiger partial charge in [-0.05, 0) is 44.8 Å². The Kier molecular flexibility index (Phi) is 2.64. The molecule has 2 heterocycles. The third-order valence-corrected chi connectivity index (χ3v) is 2.68. The first-order valence-electron chi connectivity index (χ1n) is 5.05. The highest BCUT2D eigenvalue weighted by molar-refractivity contribution is 4.94. The van der Waals surface area contributed by atoms with Crippen molar-refractivity contribution in [3.63, 3.8) is 0 Å². The molecule has 3 nitrogen and oxygen atoms in total. The topological polar surface area (TPSA) is 29.9 Å². The van der Waals surface area contributed by atoms with Gasteiger partial charge in [0.25, 0.3) is 0 Å². The van der Waals surface area contributed by atoms with Crippen molar-refractivity contribution in [1.29, 1.82) is 0 Å². The van der Waals surface area contributed by atoms with Crippen molar-refractivity contribution in [2.45, 2.75) is 26.3 Å². The Hall–Kier alpha value is -0.830. The maximum Gasteiger partial charge on any atom is 0.0593 e. The molecule has 0 unspecified atom stereocenters. The molecule has 2 rings (SSSR count). The monoisotopic (exact) mass is 179 g/mol. The van der Waals surface area contributed by atoms with Gasteiger partial charge in [-0.15, -0.1) is 0 Å². The van der Waals surface area contributed by atoms with Gasteiger partial charge in [0.15, 0.2) is 0 Å². The molecule has 1 fully saturated rings. The fourth-order valence-corrected chi connectivity index (χ4v) is 1.89. The first kappa shape index (κ1) is 8.75. The lowest BCUT2D eigenvalue weighted by Gasteiger charge is -2.22. The van der Waals surface area contributed by atoms with Gasteiger partial charge in [0.2, 0.25) is 0 Å². The number of nitrogens with zero attached hydrogens (tertiary/aromatic N) is 2. The summed E-state index contributed by atoms with van der Waals surface area (Å²) in [4.78, 5) is 0. The molecule has 3 heteroatoms. The van der Waals surface area contributed by atoms with Gasteiger partial charge in [-0.2, -0.15) is 5.10 Å². The minimum atomic E-state index is 0.820. The van der Waals surface area contributed by atoms with Gasteiger partial charge in [0.1, 0.15) is 0 Å². The van der Waals surface area contributed by atoms with Gasteiger partial charge in [-0.1, -0.05) is 0 Å². The average molecular weight is 179 g/mol. The Morgan fingerprint density at radius 2 is 2.31 bits per heavy atom. The lowest BCUT2D eigenvalue weighted by molar-refractivity contribution is 0.321. The highest BCUT2D eigenvalue weighted by atomic mass is 15.3. The van der Waals surface area contributed by atoms with Crippen LogP contribution < -0.4 is 5.32 Å². The SMILES string of the molecule is Cc1ccn(CC2CCNCC2)n1. The minimum absolute atomic E-state index is 0.820. The molecular formula is C10H17N3. The third-order valence-electron chi connectivity index (χ3n) is 2.68. The van der Waals surface area contributed by atoms with Crippen LogP contribution in [0.15, 0.2) is 12.3 Å². The summed E-state index contributed by atoms with van der Waals surface area (Å²) in [5.74, 6) is 0.820. The van der Waals surface area contributed by atoms with Crippen molar-refractivity contribution in [3.05, 3.63) is 18.0 Å². The predicted molar refractivity (Wildman–Crippen MR) is 52.6 cm³/mol. The van der Waals surface area contributed by atoms with Crippen molar-refractivity contribution in [1.82, 2.24) is 15.1 Å². The quantitative estimate of drug-likeness (QED) is 0.739. The molecule has 0 aromatic carbocycles. The van der Waals surface area contributed by atoms with E-state index in [-0.39, 0.29) is 0 Å². The van der Waals surface area contributed by atoms with E-state index in [4.69, 9.17) is 0 Å². The lowest BCUT2D eigenvalue weighted by Crippen LogP contribution is -2.30. The normalized spacial score (nSPS) is 19.2. The maximum atomic E-state index is 4.40. The first-order valence-corrected chi connectivity index (χ1v) is 5.05. The van der Waals surface area contributed by atoms with Crippen LogP contribution in [-0.4, -0.2) is 22.9 Å². The summed E-state index contributed by atoms with van der Waals surface area (Å²) < 4.78 is 2.07. The summed E-state index contributed by atoms with van der Waals surface area (Å²) in [7, 11) is 0. The number of rotatable bonds is 2. The van der Waals surface area contributed by atoms with Crippen LogP contribution in [0.4, 0.5) is 0 Å². The highest BCUT2D eigenvalue weighted by Gasteiger charge is 2.13. The number of aromatic nitrogens is 2. The zero-order chi connectivity index (χ0) is 9.10. The van der Waals surface area contributed by atoms with E-state index in [1.54, 1.807) is 0 Å². The molecule has 1 saturated heterocycles. The molecular weight excluding hydrogens is 162 g/mol. The van der Waals surface area contributed by atoms with E-state index in [2.05, 4.69) is 27.4 Å². The second-order valence-electron chi connectivity index (χ2n) is 3.87. The molecule has 0 bridgehead atoms. The zero-order valence-electron chi connectivity index (χ0n) is 8.16. The van der Waals surface area contributed by atoms with Crippen LogP contribution in [0.1, 0.15) is 18.5 Å². The molecule has 72 valence electrons. The first-order chi connectivity index (χ1) is 6.34. The van der Waals surface area contributed by atoms with Gasteiger partial charge in [-0.25, -0.2) is 0 Å². The van der Waals surface area contributed by atoms with E-state index in [0.29, 0.717) is 0 Å². The van der Waals surface area contributed by atoms with Gasteiger partial charge in [0, 0.05) is 12.7 Å². The number of piperidine rings is 1. The number of aryl methyl sites for hydroxylation is 1. The summed E-state index contributed by atoms with van der Waals surface area (Å²) in [6.45, 7) is 5.48. The van der Waals surface area contributed by atoms with Crippen molar-refractivity contribution < 1.29 is 0 Å². The van der Waals surface area contributed by atoms with Crippen LogP contribution in [0.5, 0.6) is 0 Å². The van der Waals surface area contributed by atoms with E-state index in [1.165, 1.54) is 25.9 Å². The summed E-state index contributed by atoms with van der Waals surface area (Å²) in [5.41, 5.74) is 1.12. The van der Waals surface area contributed by atoms with Gasteiger partial charge >= 0.3 is 0 Å². The van der Waals surface area contributed by atoms with E-state index in [9.17, 15) is 0 Å². The van der Waals surface area contributed by atoms with Crippen LogP contribution in [-0.2, 0) is 6.54 Å². The largest absolute Gasteiger partial charge is 0.317 e. The highest BCUT2D eigenvalue weighted by Crippen LogP contribution is 2.13. The van der Waals surface area contributed by atoms with Gasteiger partial charge in [-0.3, -0.25) is 4.68 Å². The Labute approximate surface area is 79.1 Å². The van der Waals surface area contributed by atoms with Crippen molar-refractivity contribution in [2.24, 2.45) is 5.92 Å². The fraction of sp³-hybridized carbons (Fsp3) is 0.700. The standard InChI is InChI=1S/C10H17N3/c1-9-4-7-13(12-9)8-10-2-5-11-6-3-10/h4,7,10-11H,2-3,5-6,8H2,1H3. The zero-order valence-corrected chi connectivity index (χ0v) is 8.16.